The van der Waals surface area contributed by atoms with E-state index in [0.29, 0.717) is 36.8 Å². The fourth-order valence-corrected chi connectivity index (χ4v) is 2.45. The molecule has 7 heteroatoms. The summed E-state index contributed by atoms with van der Waals surface area (Å²) in [6, 6.07) is 6.52. The molecule has 1 N–H and O–H groups in total. The molecule has 1 aliphatic heterocycles. The number of aliphatic carboxylic acids is 1. The molecule has 1 aliphatic rings. The molecule has 0 saturated carbocycles. The lowest BCUT2D eigenvalue weighted by Gasteiger charge is -2.33. The van der Waals surface area contributed by atoms with Crippen molar-refractivity contribution in [2.24, 2.45) is 0 Å². The summed E-state index contributed by atoms with van der Waals surface area (Å²) in [6.07, 6.45) is 1.28. The molecule has 1 aromatic rings. The fraction of sp³-hybridized carbons (Fsp3) is 0.467. The molecule has 0 radical (unpaired) electrons. The van der Waals surface area contributed by atoms with Crippen molar-refractivity contribution in [3.8, 4) is 5.75 Å². The third kappa shape index (κ3) is 4.89. The van der Waals surface area contributed by atoms with Crippen LogP contribution >= 0.6 is 11.6 Å². The molecule has 0 aromatic heterocycles. The quantitative estimate of drug-likeness (QED) is 0.862. The second-order valence-electron chi connectivity index (χ2n) is 5.00. The van der Waals surface area contributed by atoms with E-state index < -0.39 is 5.97 Å². The van der Waals surface area contributed by atoms with Crippen molar-refractivity contribution in [3.63, 3.8) is 0 Å². The van der Waals surface area contributed by atoms with Crippen molar-refractivity contribution in [1.29, 1.82) is 0 Å². The lowest BCUT2D eigenvalue weighted by Crippen LogP contribution is -2.47. The molecule has 22 heavy (non-hydrogen) atoms. The maximum atomic E-state index is 12.3. The lowest BCUT2D eigenvalue weighted by molar-refractivity contribution is -0.148. The van der Waals surface area contributed by atoms with Crippen molar-refractivity contribution in [2.75, 3.05) is 26.4 Å². The van der Waals surface area contributed by atoms with Crippen LogP contribution in [-0.2, 0) is 14.3 Å². The summed E-state index contributed by atoms with van der Waals surface area (Å²) >= 11 is 5.78. The molecular formula is C15H18ClNO5. The molecule has 0 bridgehead atoms. The van der Waals surface area contributed by atoms with E-state index in [1.54, 1.807) is 24.3 Å². The standard InChI is InChI=1S/C15H18ClNO5/c16-11-1-3-13(4-2-11)22-10-14(18)17(9-15(19)20)12-5-7-21-8-6-12/h1-4,12H,5-10H2,(H,19,20). The van der Waals surface area contributed by atoms with Crippen LogP contribution in [0.25, 0.3) is 0 Å². The summed E-state index contributed by atoms with van der Waals surface area (Å²) in [6.45, 7) is 0.540. The zero-order valence-electron chi connectivity index (χ0n) is 12.0. The number of carboxylic acids is 1. The van der Waals surface area contributed by atoms with E-state index in [9.17, 15) is 9.59 Å². The molecular weight excluding hydrogens is 310 g/mol. The highest BCUT2D eigenvalue weighted by Gasteiger charge is 2.27. The van der Waals surface area contributed by atoms with Gasteiger partial charge >= 0.3 is 5.97 Å². The van der Waals surface area contributed by atoms with Crippen molar-refractivity contribution in [2.45, 2.75) is 18.9 Å². The van der Waals surface area contributed by atoms with Gasteiger partial charge in [-0.1, -0.05) is 11.6 Å². The first-order chi connectivity index (χ1) is 10.6. The van der Waals surface area contributed by atoms with E-state index in [-0.39, 0.29) is 25.1 Å². The molecule has 1 heterocycles. The molecule has 1 aromatic carbocycles. The number of halogens is 1. The van der Waals surface area contributed by atoms with Gasteiger partial charge in [-0.15, -0.1) is 0 Å². The third-order valence-electron chi connectivity index (χ3n) is 3.43. The van der Waals surface area contributed by atoms with Crippen molar-refractivity contribution in [1.82, 2.24) is 4.90 Å². The molecule has 2 rings (SSSR count). The Kier molecular flexibility index (Phi) is 6.03. The maximum absolute atomic E-state index is 12.3. The topological polar surface area (TPSA) is 76.1 Å². The van der Waals surface area contributed by atoms with Crippen LogP contribution in [-0.4, -0.2) is 54.3 Å². The number of carbonyl (C=O) groups excluding carboxylic acids is 1. The first-order valence-corrected chi connectivity index (χ1v) is 7.41. The molecule has 0 spiro atoms. The Labute approximate surface area is 133 Å². The number of nitrogens with zero attached hydrogens (tertiary/aromatic N) is 1. The Morgan fingerprint density at radius 3 is 2.50 bits per heavy atom. The smallest absolute Gasteiger partial charge is 0.323 e. The summed E-state index contributed by atoms with van der Waals surface area (Å²) < 4.78 is 10.6. The molecule has 6 nitrogen and oxygen atoms in total. The van der Waals surface area contributed by atoms with E-state index in [1.165, 1.54) is 4.90 Å². The Hall–Kier alpha value is -1.79. The van der Waals surface area contributed by atoms with Crippen LogP contribution in [0.15, 0.2) is 24.3 Å². The van der Waals surface area contributed by atoms with Crippen molar-refractivity contribution >= 4 is 23.5 Å². The predicted molar refractivity (Wildman–Crippen MR) is 80.1 cm³/mol. The number of hydrogen-bond acceptors (Lipinski definition) is 4. The molecule has 0 atom stereocenters. The van der Waals surface area contributed by atoms with E-state index in [1.807, 2.05) is 0 Å². The Morgan fingerprint density at radius 2 is 1.91 bits per heavy atom. The van der Waals surface area contributed by atoms with Crippen LogP contribution in [0.4, 0.5) is 0 Å². The second-order valence-corrected chi connectivity index (χ2v) is 5.44. The highest BCUT2D eigenvalue weighted by molar-refractivity contribution is 6.30. The van der Waals surface area contributed by atoms with Gasteiger partial charge < -0.3 is 19.5 Å². The lowest BCUT2D eigenvalue weighted by atomic mass is 10.1. The minimum atomic E-state index is -1.04. The minimum Gasteiger partial charge on any atom is -0.484 e. The molecule has 0 aliphatic carbocycles. The maximum Gasteiger partial charge on any atom is 0.323 e. The summed E-state index contributed by atoms with van der Waals surface area (Å²) in [5.41, 5.74) is 0. The van der Waals surface area contributed by atoms with Crippen LogP contribution < -0.4 is 4.74 Å². The fourth-order valence-electron chi connectivity index (χ4n) is 2.32. The number of carboxylic acid groups (broad SMARTS) is 1. The number of benzene rings is 1. The van der Waals surface area contributed by atoms with E-state index >= 15 is 0 Å². The van der Waals surface area contributed by atoms with Gasteiger partial charge in [-0.05, 0) is 37.1 Å². The zero-order chi connectivity index (χ0) is 15.9. The predicted octanol–water partition coefficient (Wildman–Crippen LogP) is 1.81. The highest BCUT2D eigenvalue weighted by atomic mass is 35.5. The summed E-state index contributed by atoms with van der Waals surface area (Å²) in [4.78, 5) is 24.6. The van der Waals surface area contributed by atoms with Gasteiger partial charge in [0, 0.05) is 24.3 Å². The average molecular weight is 328 g/mol. The molecule has 120 valence electrons. The number of rotatable bonds is 6. The van der Waals surface area contributed by atoms with Crippen molar-refractivity contribution in [3.05, 3.63) is 29.3 Å². The zero-order valence-corrected chi connectivity index (χ0v) is 12.8. The largest absolute Gasteiger partial charge is 0.484 e. The minimum absolute atomic E-state index is 0.119. The van der Waals surface area contributed by atoms with E-state index in [0.717, 1.165) is 0 Å². The summed E-state index contributed by atoms with van der Waals surface area (Å²) in [7, 11) is 0. The first-order valence-electron chi connectivity index (χ1n) is 7.03. The van der Waals surface area contributed by atoms with Crippen LogP contribution in [0.2, 0.25) is 5.02 Å². The van der Waals surface area contributed by atoms with Gasteiger partial charge in [-0.25, -0.2) is 0 Å². The molecule has 1 fully saturated rings. The highest BCUT2D eigenvalue weighted by Crippen LogP contribution is 2.17. The normalized spacial score (nSPS) is 15.3. The molecule has 1 saturated heterocycles. The molecule has 1 amide bonds. The van der Waals surface area contributed by atoms with Gasteiger partial charge in [0.25, 0.3) is 5.91 Å². The molecule has 0 unspecified atom stereocenters. The average Bonchev–Trinajstić information content (AvgIpc) is 2.52. The second kappa shape index (κ2) is 8.00. The SMILES string of the molecule is O=C(O)CN(C(=O)COc1ccc(Cl)cc1)C1CCOCC1. The Morgan fingerprint density at radius 1 is 1.27 bits per heavy atom. The Bertz CT molecular complexity index is 513. The van der Waals surface area contributed by atoms with Crippen LogP contribution in [0.3, 0.4) is 0 Å². The number of ether oxygens (including phenoxy) is 2. The van der Waals surface area contributed by atoms with Crippen LogP contribution in [0.1, 0.15) is 12.8 Å². The van der Waals surface area contributed by atoms with Crippen molar-refractivity contribution < 1.29 is 24.2 Å². The number of carbonyl (C=O) groups is 2. The van der Waals surface area contributed by atoms with Gasteiger partial charge in [-0.2, -0.15) is 0 Å². The van der Waals surface area contributed by atoms with Gasteiger partial charge in [0.2, 0.25) is 0 Å². The summed E-state index contributed by atoms with van der Waals surface area (Å²) in [5.74, 6) is -0.865. The Balaban J connectivity index is 1.95. The number of hydrogen-bond donors (Lipinski definition) is 1. The van der Waals surface area contributed by atoms with E-state index in [2.05, 4.69) is 0 Å². The van der Waals surface area contributed by atoms with E-state index in [4.69, 9.17) is 26.2 Å². The van der Waals surface area contributed by atoms with Gasteiger partial charge in [0.1, 0.15) is 12.3 Å². The number of amides is 1. The first kappa shape index (κ1) is 16.6. The monoisotopic (exact) mass is 327 g/mol. The van der Waals surface area contributed by atoms with Crippen LogP contribution in [0.5, 0.6) is 5.75 Å². The third-order valence-corrected chi connectivity index (χ3v) is 3.69. The summed E-state index contributed by atoms with van der Waals surface area (Å²) in [5, 5.41) is 9.58. The van der Waals surface area contributed by atoms with Crippen LogP contribution in [0, 0.1) is 0 Å². The van der Waals surface area contributed by atoms with Gasteiger partial charge in [-0.3, -0.25) is 9.59 Å². The van der Waals surface area contributed by atoms with Gasteiger partial charge in [0.05, 0.1) is 0 Å². The van der Waals surface area contributed by atoms with Gasteiger partial charge in [0.15, 0.2) is 6.61 Å².